The van der Waals surface area contributed by atoms with E-state index in [-0.39, 0.29) is 36.7 Å². The van der Waals surface area contributed by atoms with Crippen LogP contribution >= 0.6 is 0 Å². The Morgan fingerprint density at radius 2 is 1.86 bits per heavy atom. The fraction of sp³-hybridized carbons (Fsp3) is 0.273. The average molecular weight is 398 g/mol. The summed E-state index contributed by atoms with van der Waals surface area (Å²) in [6.45, 7) is -0.120. The SMILES string of the molecule is COc1ccc(NC(=O)CC=Cc2ccc(F)cc2)cc1OCC(=O)NC1CC1. The molecule has 0 aromatic heterocycles. The van der Waals surface area contributed by atoms with Gasteiger partial charge in [-0.15, -0.1) is 0 Å². The van der Waals surface area contributed by atoms with Gasteiger partial charge < -0.3 is 20.1 Å². The standard InChI is InChI=1S/C22H23FN2O4/c1-28-19-12-11-18(13-20(19)29-14-22(27)24-17-9-10-17)25-21(26)4-2-3-15-5-7-16(23)8-6-15/h2-3,5-8,11-13,17H,4,9-10,14H2,1H3,(H,24,27)(H,25,26). The van der Waals surface area contributed by atoms with Crippen molar-refractivity contribution in [3.05, 3.63) is 59.9 Å². The summed E-state index contributed by atoms with van der Waals surface area (Å²) in [4.78, 5) is 24.0. The number of ether oxygens (including phenoxy) is 2. The average Bonchev–Trinajstić information content (AvgIpc) is 3.52. The second-order valence-corrected chi connectivity index (χ2v) is 6.70. The first-order chi connectivity index (χ1) is 14.0. The molecular weight excluding hydrogens is 375 g/mol. The third kappa shape index (κ3) is 6.64. The number of halogens is 1. The van der Waals surface area contributed by atoms with Crippen LogP contribution in [-0.4, -0.2) is 31.6 Å². The van der Waals surface area contributed by atoms with Crippen LogP contribution < -0.4 is 20.1 Å². The Balaban J connectivity index is 1.54. The lowest BCUT2D eigenvalue weighted by Crippen LogP contribution is -2.30. The molecule has 152 valence electrons. The van der Waals surface area contributed by atoms with Crippen LogP contribution in [0.15, 0.2) is 48.5 Å². The van der Waals surface area contributed by atoms with Gasteiger partial charge in [-0.05, 0) is 42.7 Å². The predicted octanol–water partition coefficient (Wildman–Crippen LogP) is 3.53. The highest BCUT2D eigenvalue weighted by atomic mass is 19.1. The number of methoxy groups -OCH3 is 1. The quantitative estimate of drug-likeness (QED) is 0.678. The van der Waals surface area contributed by atoms with Gasteiger partial charge in [-0.25, -0.2) is 4.39 Å². The smallest absolute Gasteiger partial charge is 0.258 e. The maximum Gasteiger partial charge on any atom is 0.258 e. The minimum atomic E-state index is -0.303. The maximum atomic E-state index is 12.9. The summed E-state index contributed by atoms with van der Waals surface area (Å²) in [6.07, 6.45) is 5.62. The van der Waals surface area contributed by atoms with Crippen molar-refractivity contribution in [3.8, 4) is 11.5 Å². The molecule has 29 heavy (non-hydrogen) atoms. The number of hydrogen-bond donors (Lipinski definition) is 2. The Labute approximate surface area is 168 Å². The molecule has 1 aliphatic rings. The molecule has 6 nitrogen and oxygen atoms in total. The second kappa shape index (κ2) is 9.73. The highest BCUT2D eigenvalue weighted by Crippen LogP contribution is 2.30. The number of benzene rings is 2. The molecule has 0 unspecified atom stereocenters. The van der Waals surface area contributed by atoms with Gasteiger partial charge >= 0.3 is 0 Å². The van der Waals surface area contributed by atoms with Gasteiger partial charge in [0.1, 0.15) is 5.82 Å². The van der Waals surface area contributed by atoms with Gasteiger partial charge in [0.05, 0.1) is 7.11 Å². The molecule has 0 spiro atoms. The van der Waals surface area contributed by atoms with Gasteiger partial charge in [-0.1, -0.05) is 24.3 Å². The Hall–Kier alpha value is -3.35. The fourth-order valence-electron chi connectivity index (χ4n) is 2.60. The topological polar surface area (TPSA) is 76.7 Å². The third-order valence-electron chi connectivity index (χ3n) is 4.23. The zero-order valence-corrected chi connectivity index (χ0v) is 16.1. The third-order valence-corrected chi connectivity index (χ3v) is 4.23. The predicted molar refractivity (Wildman–Crippen MR) is 108 cm³/mol. The molecule has 0 bridgehead atoms. The van der Waals surface area contributed by atoms with E-state index in [1.165, 1.54) is 19.2 Å². The van der Waals surface area contributed by atoms with Gasteiger partial charge in [0.15, 0.2) is 18.1 Å². The van der Waals surface area contributed by atoms with Gasteiger partial charge in [0.2, 0.25) is 5.91 Å². The van der Waals surface area contributed by atoms with Gasteiger partial charge in [0, 0.05) is 24.2 Å². The van der Waals surface area contributed by atoms with Crippen LogP contribution in [-0.2, 0) is 9.59 Å². The zero-order valence-electron chi connectivity index (χ0n) is 16.1. The zero-order chi connectivity index (χ0) is 20.6. The summed E-state index contributed by atoms with van der Waals surface area (Å²) in [6, 6.07) is 11.2. The fourth-order valence-corrected chi connectivity index (χ4v) is 2.60. The number of hydrogen-bond acceptors (Lipinski definition) is 4. The Kier molecular flexibility index (Phi) is 6.84. The number of amides is 2. The molecule has 0 aliphatic heterocycles. The van der Waals surface area contributed by atoms with Crippen LogP contribution in [0.4, 0.5) is 10.1 Å². The largest absolute Gasteiger partial charge is 0.493 e. The minimum absolute atomic E-state index is 0.120. The lowest BCUT2D eigenvalue weighted by Gasteiger charge is -2.13. The molecular formula is C22H23FN2O4. The molecule has 7 heteroatoms. The van der Waals surface area contributed by atoms with Crippen molar-refractivity contribution in [2.45, 2.75) is 25.3 Å². The molecule has 2 aromatic rings. The van der Waals surface area contributed by atoms with Gasteiger partial charge in [0.25, 0.3) is 5.91 Å². The Bertz CT molecular complexity index is 892. The summed E-state index contributed by atoms with van der Waals surface area (Å²) in [5.74, 6) is 0.139. The highest BCUT2D eigenvalue weighted by Gasteiger charge is 2.23. The summed E-state index contributed by atoms with van der Waals surface area (Å²) in [5.41, 5.74) is 1.34. The van der Waals surface area contributed by atoms with Crippen LogP contribution in [0, 0.1) is 5.82 Å². The summed E-state index contributed by atoms with van der Waals surface area (Å²) < 4.78 is 23.7. The molecule has 1 aliphatic carbocycles. The van der Waals surface area contributed by atoms with Crippen LogP contribution in [0.2, 0.25) is 0 Å². The lowest BCUT2D eigenvalue weighted by molar-refractivity contribution is -0.123. The Morgan fingerprint density at radius 3 is 2.55 bits per heavy atom. The molecule has 1 fully saturated rings. The molecule has 0 saturated heterocycles. The lowest BCUT2D eigenvalue weighted by atomic mass is 10.2. The van der Waals surface area contributed by atoms with E-state index in [0.717, 1.165) is 18.4 Å². The number of nitrogens with one attached hydrogen (secondary N) is 2. The van der Waals surface area contributed by atoms with Gasteiger partial charge in [-0.2, -0.15) is 0 Å². The summed E-state index contributed by atoms with van der Waals surface area (Å²) in [5, 5.41) is 5.62. The van der Waals surface area contributed by atoms with E-state index in [4.69, 9.17) is 9.47 Å². The van der Waals surface area contributed by atoms with Crippen LogP contribution in [0.3, 0.4) is 0 Å². The normalized spacial score (nSPS) is 13.2. The van der Waals surface area contributed by atoms with Crippen molar-refractivity contribution < 1.29 is 23.5 Å². The van der Waals surface area contributed by atoms with Crippen LogP contribution in [0.5, 0.6) is 11.5 Å². The summed E-state index contributed by atoms with van der Waals surface area (Å²) >= 11 is 0. The monoisotopic (exact) mass is 398 g/mol. The van der Waals surface area contributed by atoms with E-state index in [1.807, 2.05) is 0 Å². The number of rotatable bonds is 9. The highest BCUT2D eigenvalue weighted by molar-refractivity contribution is 5.92. The van der Waals surface area contributed by atoms with E-state index in [9.17, 15) is 14.0 Å². The van der Waals surface area contributed by atoms with E-state index >= 15 is 0 Å². The van der Waals surface area contributed by atoms with Crippen molar-refractivity contribution in [3.63, 3.8) is 0 Å². The van der Waals surface area contributed by atoms with E-state index in [0.29, 0.717) is 17.2 Å². The first-order valence-corrected chi connectivity index (χ1v) is 9.35. The minimum Gasteiger partial charge on any atom is -0.493 e. The summed E-state index contributed by atoms with van der Waals surface area (Å²) in [7, 11) is 1.50. The van der Waals surface area contributed by atoms with E-state index in [2.05, 4.69) is 10.6 Å². The van der Waals surface area contributed by atoms with E-state index < -0.39 is 0 Å². The van der Waals surface area contributed by atoms with E-state index in [1.54, 1.807) is 42.5 Å². The van der Waals surface area contributed by atoms with Gasteiger partial charge in [-0.3, -0.25) is 9.59 Å². The number of carbonyl (C=O) groups excluding carboxylic acids is 2. The molecule has 2 aromatic carbocycles. The first kappa shape index (κ1) is 20.4. The molecule has 0 heterocycles. The molecule has 2 amide bonds. The van der Waals surface area contributed by atoms with Crippen molar-refractivity contribution in [1.82, 2.24) is 5.32 Å². The maximum absolute atomic E-state index is 12.9. The van der Waals surface area contributed by atoms with Crippen molar-refractivity contribution in [1.29, 1.82) is 0 Å². The number of carbonyl (C=O) groups is 2. The van der Waals surface area contributed by atoms with Crippen molar-refractivity contribution in [2.24, 2.45) is 0 Å². The number of anilines is 1. The second-order valence-electron chi connectivity index (χ2n) is 6.70. The molecule has 3 rings (SSSR count). The van der Waals surface area contributed by atoms with Crippen molar-refractivity contribution in [2.75, 3.05) is 19.0 Å². The molecule has 1 saturated carbocycles. The molecule has 2 N–H and O–H groups in total. The Morgan fingerprint density at radius 1 is 1.10 bits per heavy atom. The van der Waals surface area contributed by atoms with Crippen LogP contribution in [0.1, 0.15) is 24.8 Å². The first-order valence-electron chi connectivity index (χ1n) is 9.35. The molecule has 0 radical (unpaired) electrons. The molecule has 0 atom stereocenters. The van der Waals surface area contributed by atoms with Crippen LogP contribution in [0.25, 0.3) is 6.08 Å². The van der Waals surface area contributed by atoms with Crippen molar-refractivity contribution >= 4 is 23.6 Å².